The number of ketones is 1. The van der Waals surface area contributed by atoms with E-state index in [1.807, 2.05) is 10.7 Å². The number of nitriles is 1. The summed E-state index contributed by atoms with van der Waals surface area (Å²) in [4.78, 5) is 12.4. The lowest BCUT2D eigenvalue weighted by Gasteiger charge is -2.07. The van der Waals surface area contributed by atoms with E-state index in [0.29, 0.717) is 11.3 Å². The van der Waals surface area contributed by atoms with Crippen LogP contribution >= 0.6 is 0 Å². The third kappa shape index (κ3) is 3.72. The van der Waals surface area contributed by atoms with Crippen LogP contribution < -0.4 is 4.74 Å². The summed E-state index contributed by atoms with van der Waals surface area (Å²) >= 11 is 0. The van der Waals surface area contributed by atoms with Gasteiger partial charge in [-0.2, -0.15) is 10.4 Å². The molecular weight excluding hydrogens is 302 g/mol. The van der Waals surface area contributed by atoms with Crippen LogP contribution in [0.4, 0.5) is 0 Å². The third-order valence-electron chi connectivity index (χ3n) is 4.12. The minimum Gasteiger partial charge on any atom is -0.496 e. The Hall–Kier alpha value is -2.87. The number of hydrogen-bond acceptors (Lipinski definition) is 4. The molecule has 0 spiro atoms. The number of methoxy groups -OCH3 is 1. The fraction of sp³-hybridized carbons (Fsp3) is 0.316. The zero-order valence-corrected chi connectivity index (χ0v) is 13.6. The predicted octanol–water partition coefficient (Wildman–Crippen LogP) is 3.26. The Balaban J connectivity index is 1.76. The zero-order valence-electron chi connectivity index (χ0n) is 13.6. The number of allylic oxidation sites excluding steroid dienone is 1. The number of benzene rings is 1. The summed E-state index contributed by atoms with van der Waals surface area (Å²) in [5, 5.41) is 13.2. The van der Waals surface area contributed by atoms with E-state index >= 15 is 0 Å². The van der Waals surface area contributed by atoms with Crippen molar-refractivity contribution in [2.24, 2.45) is 5.92 Å². The van der Waals surface area contributed by atoms with E-state index in [2.05, 4.69) is 11.2 Å². The molecule has 0 atom stereocenters. The van der Waals surface area contributed by atoms with Gasteiger partial charge in [0.05, 0.1) is 25.3 Å². The maximum absolute atomic E-state index is 12.4. The maximum Gasteiger partial charge on any atom is 0.185 e. The lowest BCUT2D eigenvalue weighted by Crippen LogP contribution is -2.04. The predicted molar refractivity (Wildman–Crippen MR) is 90.6 cm³/mol. The summed E-state index contributed by atoms with van der Waals surface area (Å²) < 4.78 is 7.16. The molecule has 1 heterocycles. The van der Waals surface area contributed by atoms with E-state index in [-0.39, 0.29) is 12.2 Å². The van der Waals surface area contributed by atoms with Crippen LogP contribution in [-0.4, -0.2) is 22.7 Å². The van der Waals surface area contributed by atoms with Gasteiger partial charge in [0.2, 0.25) is 0 Å². The normalized spacial score (nSPS) is 13.8. The van der Waals surface area contributed by atoms with E-state index in [9.17, 15) is 4.79 Å². The fourth-order valence-electron chi connectivity index (χ4n) is 2.59. The van der Waals surface area contributed by atoms with Crippen LogP contribution in [-0.2, 0) is 13.0 Å². The molecule has 1 saturated carbocycles. The van der Waals surface area contributed by atoms with E-state index in [0.717, 1.165) is 23.7 Å². The van der Waals surface area contributed by atoms with Gasteiger partial charge in [0.25, 0.3) is 0 Å². The Morgan fingerprint density at radius 3 is 3.00 bits per heavy atom. The molecular formula is C19H19N3O2. The molecule has 1 fully saturated rings. The van der Waals surface area contributed by atoms with Crippen LogP contribution in [0.5, 0.6) is 5.75 Å². The molecule has 2 aromatic rings. The summed E-state index contributed by atoms with van der Waals surface area (Å²) in [6.45, 7) is 0.912. The van der Waals surface area contributed by atoms with Gasteiger partial charge in [-0.1, -0.05) is 0 Å². The largest absolute Gasteiger partial charge is 0.496 e. The molecule has 0 unspecified atom stereocenters. The average Bonchev–Trinajstić information content (AvgIpc) is 3.30. The standard InChI is InChI=1S/C19H19N3O2/c1-24-19-7-4-15(12-16(19)8-10-20)18(23)6-5-17-9-11-21-22(17)13-14-2-3-14/h4-7,9,11-12,14H,2-3,8,13H2,1H3/b6-5+. The zero-order chi connectivity index (χ0) is 16.9. The van der Waals surface area contributed by atoms with Gasteiger partial charge >= 0.3 is 0 Å². The van der Waals surface area contributed by atoms with Crippen molar-refractivity contribution in [3.63, 3.8) is 0 Å². The summed E-state index contributed by atoms with van der Waals surface area (Å²) in [5.41, 5.74) is 2.20. The van der Waals surface area contributed by atoms with Crippen LogP contribution in [0.1, 0.15) is 34.5 Å². The molecule has 122 valence electrons. The van der Waals surface area contributed by atoms with Gasteiger partial charge in [0.1, 0.15) is 5.75 Å². The molecule has 3 rings (SSSR count). The van der Waals surface area contributed by atoms with Crippen molar-refractivity contribution in [1.29, 1.82) is 5.26 Å². The smallest absolute Gasteiger partial charge is 0.185 e. The van der Waals surface area contributed by atoms with Crippen LogP contribution in [0.15, 0.2) is 36.5 Å². The van der Waals surface area contributed by atoms with E-state index in [4.69, 9.17) is 10.00 Å². The van der Waals surface area contributed by atoms with Crippen molar-refractivity contribution in [2.75, 3.05) is 7.11 Å². The first-order valence-electron chi connectivity index (χ1n) is 7.99. The lowest BCUT2D eigenvalue weighted by atomic mass is 10.0. The maximum atomic E-state index is 12.4. The van der Waals surface area contributed by atoms with Gasteiger partial charge in [-0.25, -0.2) is 0 Å². The molecule has 1 aliphatic rings. The molecule has 0 saturated heterocycles. The molecule has 0 radical (unpaired) electrons. The highest BCUT2D eigenvalue weighted by Crippen LogP contribution is 2.30. The van der Waals surface area contributed by atoms with Crippen molar-refractivity contribution in [1.82, 2.24) is 9.78 Å². The average molecular weight is 321 g/mol. The van der Waals surface area contributed by atoms with Crippen molar-refractivity contribution in [3.05, 3.63) is 53.4 Å². The van der Waals surface area contributed by atoms with Crippen molar-refractivity contribution in [3.8, 4) is 11.8 Å². The number of rotatable bonds is 7. The minimum atomic E-state index is -0.101. The van der Waals surface area contributed by atoms with E-state index < -0.39 is 0 Å². The number of ether oxygens (including phenoxy) is 1. The summed E-state index contributed by atoms with van der Waals surface area (Å²) in [6, 6.07) is 9.16. The minimum absolute atomic E-state index is 0.101. The van der Waals surface area contributed by atoms with Crippen molar-refractivity contribution < 1.29 is 9.53 Å². The van der Waals surface area contributed by atoms with E-state index in [1.165, 1.54) is 12.8 Å². The highest BCUT2D eigenvalue weighted by atomic mass is 16.5. The second kappa shape index (κ2) is 7.14. The molecule has 5 nitrogen and oxygen atoms in total. The Morgan fingerprint density at radius 1 is 1.46 bits per heavy atom. The second-order valence-electron chi connectivity index (χ2n) is 5.94. The molecule has 0 amide bonds. The molecule has 1 aromatic heterocycles. The summed E-state index contributed by atoms with van der Waals surface area (Å²) in [7, 11) is 1.55. The lowest BCUT2D eigenvalue weighted by molar-refractivity contribution is 0.104. The van der Waals surface area contributed by atoms with E-state index in [1.54, 1.807) is 43.7 Å². The number of hydrogen-bond donors (Lipinski definition) is 0. The first kappa shape index (κ1) is 16.0. The second-order valence-corrected chi connectivity index (χ2v) is 5.94. The SMILES string of the molecule is COc1ccc(C(=O)/C=C/c2ccnn2CC2CC2)cc1CC#N. The molecule has 24 heavy (non-hydrogen) atoms. The monoisotopic (exact) mass is 321 g/mol. The third-order valence-corrected chi connectivity index (χ3v) is 4.12. The first-order valence-corrected chi connectivity index (χ1v) is 7.99. The summed E-state index contributed by atoms with van der Waals surface area (Å²) in [5.74, 6) is 1.25. The van der Waals surface area contributed by atoms with Gasteiger partial charge in [-0.05, 0) is 55.2 Å². The van der Waals surface area contributed by atoms with Gasteiger partial charge in [-0.3, -0.25) is 9.48 Å². The summed E-state index contributed by atoms with van der Waals surface area (Å²) in [6.07, 6.45) is 7.84. The molecule has 1 aliphatic carbocycles. The molecule has 0 bridgehead atoms. The van der Waals surface area contributed by atoms with Crippen molar-refractivity contribution in [2.45, 2.75) is 25.8 Å². The number of nitrogens with zero attached hydrogens (tertiary/aromatic N) is 3. The molecule has 0 N–H and O–H groups in total. The van der Waals surface area contributed by atoms with Gasteiger partial charge in [0.15, 0.2) is 5.78 Å². The van der Waals surface area contributed by atoms with Crippen LogP contribution in [0.25, 0.3) is 6.08 Å². The Morgan fingerprint density at radius 2 is 2.29 bits per heavy atom. The van der Waals surface area contributed by atoms with Crippen LogP contribution in [0.2, 0.25) is 0 Å². The van der Waals surface area contributed by atoms with Gasteiger partial charge in [0, 0.05) is 23.9 Å². The number of carbonyl (C=O) groups excluding carboxylic acids is 1. The Labute approximate surface area is 141 Å². The first-order chi connectivity index (χ1) is 11.7. The molecule has 5 heteroatoms. The number of carbonyl (C=O) groups is 1. The number of aromatic nitrogens is 2. The molecule has 0 aliphatic heterocycles. The van der Waals surface area contributed by atoms with Gasteiger partial charge in [-0.15, -0.1) is 0 Å². The topological polar surface area (TPSA) is 67.9 Å². The van der Waals surface area contributed by atoms with Gasteiger partial charge < -0.3 is 4.74 Å². The van der Waals surface area contributed by atoms with Crippen LogP contribution in [0, 0.1) is 17.2 Å². The Bertz CT molecular complexity index is 810. The Kier molecular flexibility index (Phi) is 4.76. The molecule has 1 aromatic carbocycles. The van der Waals surface area contributed by atoms with Crippen molar-refractivity contribution >= 4 is 11.9 Å². The highest BCUT2D eigenvalue weighted by Gasteiger charge is 2.22. The quantitative estimate of drug-likeness (QED) is 0.580. The fourth-order valence-corrected chi connectivity index (χ4v) is 2.59. The van der Waals surface area contributed by atoms with Crippen LogP contribution in [0.3, 0.4) is 0 Å². The highest BCUT2D eigenvalue weighted by molar-refractivity contribution is 6.06.